The summed E-state index contributed by atoms with van der Waals surface area (Å²) in [6, 6.07) is 18.2. The number of halogens is 1. The molecule has 0 radical (unpaired) electrons. The summed E-state index contributed by atoms with van der Waals surface area (Å²) >= 11 is 6.15. The van der Waals surface area contributed by atoms with Gasteiger partial charge >= 0.3 is 0 Å². The van der Waals surface area contributed by atoms with Gasteiger partial charge in [-0.3, -0.25) is 9.69 Å². The van der Waals surface area contributed by atoms with Crippen LogP contribution in [0, 0.1) is 0 Å². The lowest BCUT2D eigenvalue weighted by Gasteiger charge is -2.70. The molecule has 1 amide bonds. The highest BCUT2D eigenvalue weighted by Gasteiger charge is 2.65. The fraction of sp³-hybridized carbons (Fsp3) is 0.381. The Morgan fingerprint density at radius 1 is 1.19 bits per heavy atom. The van der Waals surface area contributed by atoms with E-state index in [1.165, 1.54) is 5.56 Å². The molecule has 2 atom stereocenters. The number of likely N-dealkylation sites (tertiary alicyclic amines) is 2. The van der Waals surface area contributed by atoms with Crippen LogP contribution in [0.15, 0.2) is 54.6 Å². The fourth-order valence-corrected chi connectivity index (χ4v) is 4.90. The highest BCUT2D eigenvalue weighted by atomic mass is 35.5. The molecule has 0 bridgehead atoms. The summed E-state index contributed by atoms with van der Waals surface area (Å²) in [7, 11) is 0. The Kier molecular flexibility index (Phi) is 4.51. The molecule has 2 heterocycles. The second-order valence-electron chi connectivity index (χ2n) is 7.37. The molecule has 136 valence electrons. The number of hydrogen-bond acceptors (Lipinski definition) is 3. The summed E-state index contributed by atoms with van der Waals surface area (Å²) in [6.07, 6.45) is 0. The first-order valence-corrected chi connectivity index (χ1v) is 9.35. The number of nitrogens with zero attached hydrogens (tertiary/aromatic N) is 2. The average Bonchev–Trinajstić information content (AvgIpc) is 2.58. The number of carbonyl (C=O) groups is 1. The molecule has 2 saturated heterocycles. The van der Waals surface area contributed by atoms with Gasteiger partial charge in [-0.2, -0.15) is 0 Å². The molecule has 0 aromatic heterocycles. The van der Waals surface area contributed by atoms with Gasteiger partial charge in [0, 0.05) is 43.5 Å². The quantitative estimate of drug-likeness (QED) is 0.900. The van der Waals surface area contributed by atoms with E-state index in [0.717, 1.165) is 17.1 Å². The highest BCUT2D eigenvalue weighted by molar-refractivity contribution is 6.30. The van der Waals surface area contributed by atoms with Gasteiger partial charge in [-0.05, 0) is 23.3 Å². The summed E-state index contributed by atoms with van der Waals surface area (Å²) in [5, 5.41) is 10.8. The zero-order valence-electron chi connectivity index (χ0n) is 14.8. The molecule has 5 heteroatoms. The summed E-state index contributed by atoms with van der Waals surface area (Å²) in [6.45, 7) is 3.86. The van der Waals surface area contributed by atoms with Crippen molar-refractivity contribution in [3.8, 4) is 0 Å². The zero-order chi connectivity index (χ0) is 18.3. The number of benzene rings is 2. The van der Waals surface area contributed by atoms with Gasteiger partial charge in [-0.25, -0.2) is 0 Å². The van der Waals surface area contributed by atoms with E-state index in [1.807, 2.05) is 41.3 Å². The minimum Gasteiger partial charge on any atom is -0.395 e. The minimum absolute atomic E-state index is 0.0467. The molecule has 1 spiro atoms. The number of aliphatic hydroxyl groups excluding tert-OH is 1. The number of rotatable bonds is 4. The van der Waals surface area contributed by atoms with Crippen LogP contribution in [0.3, 0.4) is 0 Å². The van der Waals surface area contributed by atoms with Crippen LogP contribution in [-0.2, 0) is 11.3 Å². The third kappa shape index (κ3) is 2.73. The van der Waals surface area contributed by atoms with Gasteiger partial charge in [-0.15, -0.1) is 0 Å². The lowest BCUT2D eigenvalue weighted by atomic mass is 9.60. The first-order chi connectivity index (χ1) is 12.5. The van der Waals surface area contributed by atoms with Gasteiger partial charge in [0.2, 0.25) is 5.91 Å². The molecule has 26 heavy (non-hydrogen) atoms. The van der Waals surface area contributed by atoms with Gasteiger partial charge in [0.25, 0.3) is 0 Å². The second-order valence-corrected chi connectivity index (χ2v) is 7.81. The Hall–Kier alpha value is -1.88. The molecule has 2 aromatic rings. The Bertz CT molecular complexity index is 805. The molecule has 2 aliphatic rings. The first-order valence-electron chi connectivity index (χ1n) is 8.98. The van der Waals surface area contributed by atoms with Gasteiger partial charge in [0.05, 0.1) is 12.1 Å². The monoisotopic (exact) mass is 370 g/mol. The number of aliphatic hydroxyl groups is 1. The predicted molar refractivity (Wildman–Crippen MR) is 102 cm³/mol. The molecule has 0 unspecified atom stereocenters. The molecule has 2 aliphatic heterocycles. The molecule has 1 N–H and O–H groups in total. The van der Waals surface area contributed by atoms with E-state index in [4.69, 9.17) is 11.6 Å². The van der Waals surface area contributed by atoms with Crippen LogP contribution in [0.25, 0.3) is 0 Å². The van der Waals surface area contributed by atoms with Crippen molar-refractivity contribution >= 4 is 17.5 Å². The largest absolute Gasteiger partial charge is 0.395 e. The van der Waals surface area contributed by atoms with Crippen molar-refractivity contribution in [3.63, 3.8) is 0 Å². The first kappa shape index (κ1) is 17.5. The smallest absolute Gasteiger partial charge is 0.219 e. The number of hydrogen-bond donors (Lipinski definition) is 1. The summed E-state index contributed by atoms with van der Waals surface area (Å²) in [4.78, 5) is 16.0. The third-order valence-corrected chi connectivity index (χ3v) is 6.13. The van der Waals surface area contributed by atoms with Crippen molar-refractivity contribution in [2.24, 2.45) is 0 Å². The minimum atomic E-state index is -0.108. The molecule has 0 aliphatic carbocycles. The maximum Gasteiger partial charge on any atom is 0.219 e. The average molecular weight is 371 g/mol. The van der Waals surface area contributed by atoms with E-state index in [2.05, 4.69) is 23.1 Å². The number of amides is 1. The van der Waals surface area contributed by atoms with Crippen molar-refractivity contribution in [1.29, 1.82) is 0 Å². The van der Waals surface area contributed by atoms with Crippen LogP contribution < -0.4 is 0 Å². The van der Waals surface area contributed by atoms with Crippen LogP contribution in [0.4, 0.5) is 0 Å². The molecular weight excluding hydrogens is 348 g/mol. The van der Waals surface area contributed by atoms with Crippen molar-refractivity contribution in [2.75, 3.05) is 19.7 Å². The van der Waals surface area contributed by atoms with Crippen molar-refractivity contribution in [2.45, 2.75) is 31.0 Å². The van der Waals surface area contributed by atoms with E-state index in [0.29, 0.717) is 13.1 Å². The Morgan fingerprint density at radius 2 is 1.92 bits per heavy atom. The molecule has 2 fully saturated rings. The molecular formula is C21H23ClN2O2. The predicted octanol–water partition coefficient (Wildman–Crippen LogP) is 2.90. The lowest BCUT2D eigenvalue weighted by Crippen LogP contribution is -2.84. The number of carbonyl (C=O) groups excluding carboxylic acids is 1. The SMILES string of the molecule is CC(=O)N1CC2(C1)[C@H](c1ccccc1)[C@@H](CO)N2Cc1cccc(Cl)c1. The second kappa shape index (κ2) is 6.69. The molecule has 4 rings (SSSR count). The van der Waals surface area contributed by atoms with Gasteiger partial charge in [0.15, 0.2) is 0 Å². The molecule has 0 saturated carbocycles. The van der Waals surface area contributed by atoms with Gasteiger partial charge < -0.3 is 10.0 Å². The van der Waals surface area contributed by atoms with Crippen LogP contribution in [0.5, 0.6) is 0 Å². The Morgan fingerprint density at radius 3 is 2.54 bits per heavy atom. The molecule has 2 aromatic carbocycles. The van der Waals surface area contributed by atoms with Gasteiger partial charge in [0.1, 0.15) is 0 Å². The standard InChI is InChI=1S/C21H23ClN2O2/c1-15(26)23-13-21(14-23)20(17-7-3-2-4-8-17)19(12-25)24(21)11-16-6-5-9-18(22)10-16/h2-10,19-20,25H,11-14H2,1H3/t19-,20-/m1/s1. The summed E-state index contributed by atoms with van der Waals surface area (Å²) in [5.74, 6) is 0.334. The highest BCUT2D eigenvalue weighted by Crippen LogP contribution is 2.54. The van der Waals surface area contributed by atoms with E-state index in [9.17, 15) is 9.90 Å². The van der Waals surface area contributed by atoms with E-state index < -0.39 is 0 Å². The van der Waals surface area contributed by atoms with Crippen LogP contribution >= 0.6 is 11.6 Å². The topological polar surface area (TPSA) is 43.8 Å². The Balaban J connectivity index is 1.65. The normalized spacial score (nSPS) is 24.2. The third-order valence-electron chi connectivity index (χ3n) is 5.90. The zero-order valence-corrected chi connectivity index (χ0v) is 15.6. The maximum atomic E-state index is 11.8. The summed E-state index contributed by atoms with van der Waals surface area (Å²) in [5.41, 5.74) is 2.25. The van der Waals surface area contributed by atoms with E-state index in [1.54, 1.807) is 6.92 Å². The van der Waals surface area contributed by atoms with Crippen LogP contribution in [0.2, 0.25) is 5.02 Å². The van der Waals surface area contributed by atoms with Crippen molar-refractivity contribution < 1.29 is 9.90 Å². The van der Waals surface area contributed by atoms with E-state index >= 15 is 0 Å². The fourth-order valence-electron chi connectivity index (χ4n) is 4.68. The summed E-state index contributed by atoms with van der Waals surface area (Å²) < 4.78 is 0. The van der Waals surface area contributed by atoms with Crippen LogP contribution in [-0.4, -0.2) is 52.1 Å². The van der Waals surface area contributed by atoms with Crippen LogP contribution in [0.1, 0.15) is 24.0 Å². The lowest BCUT2D eigenvalue weighted by molar-refractivity contribution is -0.199. The Labute approximate surface area is 159 Å². The van der Waals surface area contributed by atoms with E-state index in [-0.39, 0.29) is 30.0 Å². The van der Waals surface area contributed by atoms with Crippen molar-refractivity contribution in [3.05, 3.63) is 70.7 Å². The maximum absolute atomic E-state index is 11.8. The van der Waals surface area contributed by atoms with Crippen molar-refractivity contribution in [1.82, 2.24) is 9.80 Å². The molecule has 4 nitrogen and oxygen atoms in total. The van der Waals surface area contributed by atoms with Gasteiger partial charge in [-0.1, -0.05) is 54.1 Å².